The molecule has 0 saturated carbocycles. The maximum atomic E-state index is 14.4. The minimum Gasteiger partial charge on any atom is -0.496 e. The zero-order valence-corrected chi connectivity index (χ0v) is 19.9. The second-order valence-electron chi connectivity index (χ2n) is 9.50. The highest BCUT2D eigenvalue weighted by Crippen LogP contribution is 2.44. The number of ether oxygens (including phenoxy) is 2. The molecule has 0 radical (unpaired) electrons. The van der Waals surface area contributed by atoms with Crippen LogP contribution in [0.4, 0.5) is 14.6 Å². The Labute approximate surface area is 202 Å². The molecule has 2 aliphatic rings. The van der Waals surface area contributed by atoms with Gasteiger partial charge in [-0.2, -0.15) is 5.10 Å². The third-order valence-electron chi connectivity index (χ3n) is 7.46. The number of nitrogens with zero attached hydrogens (tertiary/aromatic N) is 3. The maximum Gasteiger partial charge on any atom is 0.273 e. The standard InChI is InChI=1S/C27H28F2N4O2/c1-16(18-4-3-5-22-19(18)6-10-27(22,28)29)31-26-21-14-20(17-8-12-35-13-9-17)24(34-2)15-23(21)33-25(32-26)7-11-30-33/h3-5,7,11,14-17H,6,8-10,12-13H2,1-2H3,(H,31,32). The number of alkyl halides is 2. The van der Waals surface area contributed by atoms with Crippen LogP contribution in [0.25, 0.3) is 16.6 Å². The van der Waals surface area contributed by atoms with Crippen LogP contribution < -0.4 is 10.1 Å². The lowest BCUT2D eigenvalue weighted by molar-refractivity contribution is -0.00184. The number of hydrogen-bond donors (Lipinski definition) is 1. The summed E-state index contributed by atoms with van der Waals surface area (Å²) in [6.07, 6.45) is 3.83. The fourth-order valence-corrected chi connectivity index (χ4v) is 5.64. The van der Waals surface area contributed by atoms with Gasteiger partial charge in [0, 0.05) is 42.7 Å². The second kappa shape index (κ2) is 8.45. The number of fused-ring (bicyclic) bond motifs is 4. The van der Waals surface area contributed by atoms with E-state index in [4.69, 9.17) is 14.5 Å². The van der Waals surface area contributed by atoms with Crippen LogP contribution in [-0.2, 0) is 17.1 Å². The van der Waals surface area contributed by atoms with Crippen LogP contribution in [0.15, 0.2) is 42.6 Å². The van der Waals surface area contributed by atoms with Crippen LogP contribution in [-0.4, -0.2) is 34.9 Å². The van der Waals surface area contributed by atoms with Crippen molar-refractivity contribution in [3.63, 3.8) is 0 Å². The molecular weight excluding hydrogens is 450 g/mol. The van der Waals surface area contributed by atoms with Crippen molar-refractivity contribution in [3.8, 4) is 5.75 Å². The quantitative estimate of drug-likeness (QED) is 0.381. The summed E-state index contributed by atoms with van der Waals surface area (Å²) < 4.78 is 41.9. The van der Waals surface area contributed by atoms with Gasteiger partial charge >= 0.3 is 0 Å². The van der Waals surface area contributed by atoms with Gasteiger partial charge in [0.25, 0.3) is 5.92 Å². The third kappa shape index (κ3) is 3.71. The van der Waals surface area contributed by atoms with E-state index in [0.29, 0.717) is 23.8 Å². The van der Waals surface area contributed by atoms with Crippen molar-refractivity contribution in [1.29, 1.82) is 0 Å². The van der Waals surface area contributed by atoms with Crippen LogP contribution in [0.5, 0.6) is 5.75 Å². The van der Waals surface area contributed by atoms with E-state index in [0.717, 1.165) is 59.4 Å². The fraction of sp³-hybridized carbons (Fsp3) is 0.407. The zero-order valence-electron chi connectivity index (χ0n) is 19.9. The second-order valence-corrected chi connectivity index (χ2v) is 9.50. The molecule has 1 saturated heterocycles. The number of methoxy groups -OCH3 is 1. The summed E-state index contributed by atoms with van der Waals surface area (Å²) in [5.41, 5.74) is 4.51. The van der Waals surface area contributed by atoms with Gasteiger partial charge < -0.3 is 14.8 Å². The zero-order chi connectivity index (χ0) is 24.2. The average molecular weight is 479 g/mol. The van der Waals surface area contributed by atoms with Crippen LogP contribution in [0.3, 0.4) is 0 Å². The summed E-state index contributed by atoms with van der Waals surface area (Å²) in [5.74, 6) is -0.892. The Morgan fingerprint density at radius 1 is 1.20 bits per heavy atom. The average Bonchev–Trinajstić information content (AvgIpc) is 3.47. The summed E-state index contributed by atoms with van der Waals surface area (Å²) in [6, 6.07) is 11.1. The third-order valence-corrected chi connectivity index (χ3v) is 7.46. The highest BCUT2D eigenvalue weighted by Gasteiger charge is 2.40. The summed E-state index contributed by atoms with van der Waals surface area (Å²) in [6.45, 7) is 3.46. The molecule has 1 N–H and O–H groups in total. The van der Waals surface area contributed by atoms with Crippen molar-refractivity contribution in [2.24, 2.45) is 0 Å². The molecular formula is C27H28F2N4O2. The van der Waals surface area contributed by atoms with Gasteiger partial charge in [-0.1, -0.05) is 18.2 Å². The minimum atomic E-state index is -2.76. The van der Waals surface area contributed by atoms with Gasteiger partial charge in [-0.25, -0.2) is 18.3 Å². The number of aromatic nitrogens is 3. The van der Waals surface area contributed by atoms with Gasteiger partial charge in [0.1, 0.15) is 11.6 Å². The van der Waals surface area contributed by atoms with E-state index in [1.165, 1.54) is 0 Å². The van der Waals surface area contributed by atoms with Crippen molar-refractivity contribution in [1.82, 2.24) is 14.6 Å². The molecule has 2 aromatic carbocycles. The summed E-state index contributed by atoms with van der Waals surface area (Å²) in [5, 5.41) is 8.94. The molecule has 3 heterocycles. The molecule has 8 heteroatoms. The first kappa shape index (κ1) is 22.2. The molecule has 6 nitrogen and oxygen atoms in total. The first-order valence-electron chi connectivity index (χ1n) is 12.2. The number of benzene rings is 2. The van der Waals surface area contributed by atoms with Crippen molar-refractivity contribution >= 4 is 22.4 Å². The first-order chi connectivity index (χ1) is 17.0. The molecule has 0 spiro atoms. The van der Waals surface area contributed by atoms with Gasteiger partial charge in [-0.05, 0) is 54.9 Å². The van der Waals surface area contributed by atoms with E-state index in [9.17, 15) is 8.78 Å². The Kier molecular flexibility index (Phi) is 5.36. The van der Waals surface area contributed by atoms with E-state index >= 15 is 0 Å². The maximum absolute atomic E-state index is 14.4. The summed E-state index contributed by atoms with van der Waals surface area (Å²) in [7, 11) is 1.69. The molecule has 1 aliphatic carbocycles. The van der Waals surface area contributed by atoms with Gasteiger partial charge in [0.2, 0.25) is 0 Å². The van der Waals surface area contributed by atoms with Gasteiger partial charge in [-0.3, -0.25) is 0 Å². The number of halogens is 2. The Hall–Kier alpha value is -3.26. The van der Waals surface area contributed by atoms with E-state index in [-0.39, 0.29) is 18.0 Å². The predicted molar refractivity (Wildman–Crippen MR) is 131 cm³/mol. The van der Waals surface area contributed by atoms with Gasteiger partial charge in [-0.15, -0.1) is 0 Å². The van der Waals surface area contributed by atoms with Crippen molar-refractivity contribution in [2.75, 3.05) is 25.6 Å². The van der Waals surface area contributed by atoms with Crippen molar-refractivity contribution in [2.45, 2.75) is 50.5 Å². The molecule has 35 heavy (non-hydrogen) atoms. The number of nitrogens with one attached hydrogen (secondary N) is 1. The normalized spacial score (nSPS) is 18.6. The topological polar surface area (TPSA) is 60.7 Å². The first-order valence-corrected chi connectivity index (χ1v) is 12.2. The van der Waals surface area contributed by atoms with Crippen LogP contribution in [0.2, 0.25) is 0 Å². The lowest BCUT2D eigenvalue weighted by Gasteiger charge is -2.25. The molecule has 2 aromatic heterocycles. The molecule has 1 atom stereocenters. The van der Waals surface area contributed by atoms with Crippen molar-refractivity contribution < 1.29 is 18.3 Å². The molecule has 1 fully saturated rings. The Bertz CT molecular complexity index is 1410. The Morgan fingerprint density at radius 2 is 2.03 bits per heavy atom. The molecule has 4 aromatic rings. The Morgan fingerprint density at radius 3 is 2.83 bits per heavy atom. The van der Waals surface area contributed by atoms with Crippen molar-refractivity contribution in [3.05, 3.63) is 64.8 Å². The lowest BCUT2D eigenvalue weighted by Crippen LogP contribution is -2.15. The highest BCUT2D eigenvalue weighted by molar-refractivity contribution is 5.93. The number of anilines is 1. The minimum absolute atomic E-state index is 0.136. The van der Waals surface area contributed by atoms with E-state index < -0.39 is 5.92 Å². The van der Waals surface area contributed by atoms with Gasteiger partial charge in [0.05, 0.1) is 24.9 Å². The SMILES string of the molecule is COc1cc2c(cc1C1CCOCC1)c(NC(C)c1cccc3c1CCC3(F)F)nc1ccnn12. The van der Waals surface area contributed by atoms with Crippen LogP contribution >= 0.6 is 0 Å². The molecule has 0 amide bonds. The smallest absolute Gasteiger partial charge is 0.273 e. The molecule has 182 valence electrons. The van der Waals surface area contributed by atoms with E-state index in [1.54, 1.807) is 25.4 Å². The van der Waals surface area contributed by atoms with E-state index in [1.807, 2.05) is 29.6 Å². The largest absolute Gasteiger partial charge is 0.496 e. The predicted octanol–water partition coefficient (Wildman–Crippen LogP) is 6.00. The fourth-order valence-electron chi connectivity index (χ4n) is 5.64. The molecule has 6 rings (SSSR count). The summed E-state index contributed by atoms with van der Waals surface area (Å²) in [4.78, 5) is 4.87. The Balaban J connectivity index is 1.47. The molecule has 0 bridgehead atoms. The summed E-state index contributed by atoms with van der Waals surface area (Å²) >= 11 is 0. The molecule has 1 unspecified atom stereocenters. The van der Waals surface area contributed by atoms with Gasteiger partial charge in [0.15, 0.2) is 5.65 Å². The van der Waals surface area contributed by atoms with Crippen LogP contribution in [0.1, 0.15) is 60.4 Å². The van der Waals surface area contributed by atoms with Crippen LogP contribution in [0, 0.1) is 0 Å². The van der Waals surface area contributed by atoms with E-state index in [2.05, 4.69) is 16.5 Å². The highest BCUT2D eigenvalue weighted by atomic mass is 19.3. The number of hydrogen-bond acceptors (Lipinski definition) is 5. The monoisotopic (exact) mass is 478 g/mol. The molecule has 1 aliphatic heterocycles. The lowest BCUT2D eigenvalue weighted by atomic mass is 9.90. The number of rotatable bonds is 5.